The molecule has 1 fully saturated rings. The second kappa shape index (κ2) is 8.90. The second-order valence-corrected chi connectivity index (χ2v) is 6.76. The maximum Gasteiger partial charge on any atom is 0.338 e. The predicted octanol–water partition coefficient (Wildman–Crippen LogP) is 2.35. The molecule has 3 rings (SSSR count). The number of likely N-dealkylation sites (tertiary alicyclic amines) is 1. The molecule has 7 heteroatoms. The fourth-order valence-corrected chi connectivity index (χ4v) is 3.60. The lowest BCUT2D eigenvalue weighted by Crippen LogP contribution is -2.49. The molecule has 7 nitrogen and oxygen atoms in total. The van der Waals surface area contributed by atoms with Crippen molar-refractivity contribution in [3.63, 3.8) is 0 Å². The van der Waals surface area contributed by atoms with Gasteiger partial charge in [-0.15, -0.1) is 0 Å². The van der Waals surface area contributed by atoms with Crippen molar-refractivity contribution < 1.29 is 19.1 Å². The molecular weight excluding hydrogens is 346 g/mol. The van der Waals surface area contributed by atoms with Gasteiger partial charge in [-0.3, -0.25) is 4.90 Å². The maximum absolute atomic E-state index is 12.8. The molecule has 2 heterocycles. The number of rotatable bonds is 6. The lowest BCUT2D eigenvalue weighted by atomic mass is 9.94. The number of esters is 1. The summed E-state index contributed by atoms with van der Waals surface area (Å²) in [6.45, 7) is 4.51. The highest BCUT2D eigenvalue weighted by Gasteiger charge is 2.34. The summed E-state index contributed by atoms with van der Waals surface area (Å²) in [7, 11) is 1.59. The molecule has 1 atom stereocenters. The molecular formula is C20H27N3O4. The monoisotopic (exact) mass is 373 g/mol. The van der Waals surface area contributed by atoms with E-state index < -0.39 is 12.0 Å². The van der Waals surface area contributed by atoms with Crippen molar-refractivity contribution in [2.45, 2.75) is 32.2 Å². The summed E-state index contributed by atoms with van der Waals surface area (Å²) in [5.41, 5.74) is 1.85. The van der Waals surface area contributed by atoms with Crippen molar-refractivity contribution in [2.24, 2.45) is 0 Å². The van der Waals surface area contributed by atoms with Gasteiger partial charge in [0.25, 0.3) is 0 Å². The van der Waals surface area contributed by atoms with Crippen LogP contribution in [0.3, 0.4) is 0 Å². The number of nitrogens with one attached hydrogen (secondary N) is 2. The first-order chi connectivity index (χ1) is 13.1. The number of carbonyl (C=O) groups excluding carboxylic acids is 2. The lowest BCUT2D eigenvalue weighted by molar-refractivity contribution is -0.139. The summed E-state index contributed by atoms with van der Waals surface area (Å²) in [5.74, 6) is 0.255. The Hall–Kier alpha value is -2.54. The molecule has 1 aromatic rings. The maximum atomic E-state index is 12.8. The third-order valence-electron chi connectivity index (χ3n) is 4.91. The minimum atomic E-state index is -0.576. The zero-order chi connectivity index (χ0) is 19.2. The van der Waals surface area contributed by atoms with Crippen LogP contribution < -0.4 is 15.4 Å². The first kappa shape index (κ1) is 19.2. The Morgan fingerprint density at radius 1 is 1.26 bits per heavy atom. The zero-order valence-corrected chi connectivity index (χ0v) is 15.9. The fourth-order valence-electron chi connectivity index (χ4n) is 3.60. The number of hydrogen-bond acceptors (Lipinski definition) is 5. The fraction of sp³-hybridized carbons (Fsp3) is 0.500. The van der Waals surface area contributed by atoms with Gasteiger partial charge >= 0.3 is 12.0 Å². The number of carbonyl (C=O) groups is 2. The summed E-state index contributed by atoms with van der Waals surface area (Å²) in [5, 5.41) is 5.70. The number of hydrogen-bond donors (Lipinski definition) is 2. The Labute approximate surface area is 159 Å². The molecule has 0 saturated carbocycles. The van der Waals surface area contributed by atoms with E-state index >= 15 is 0 Å². The largest absolute Gasteiger partial charge is 0.497 e. The summed E-state index contributed by atoms with van der Waals surface area (Å²) in [6.07, 6.45) is 3.49. The molecule has 2 aliphatic rings. The third kappa shape index (κ3) is 4.60. The molecule has 1 aromatic carbocycles. The molecule has 2 N–H and O–H groups in total. The van der Waals surface area contributed by atoms with E-state index in [1.54, 1.807) is 14.0 Å². The van der Waals surface area contributed by atoms with Crippen molar-refractivity contribution in [3.05, 3.63) is 41.1 Å². The zero-order valence-electron chi connectivity index (χ0n) is 15.9. The van der Waals surface area contributed by atoms with Gasteiger partial charge in [0.15, 0.2) is 0 Å². The number of amides is 2. The van der Waals surface area contributed by atoms with Crippen LogP contribution in [-0.2, 0) is 9.53 Å². The van der Waals surface area contributed by atoms with Crippen LogP contribution in [0.2, 0.25) is 0 Å². The average Bonchev–Trinajstić information content (AvgIpc) is 2.68. The normalized spacial score (nSPS) is 20.7. The van der Waals surface area contributed by atoms with Crippen LogP contribution in [0, 0.1) is 0 Å². The molecule has 0 bridgehead atoms. The number of ether oxygens (including phenoxy) is 2. The van der Waals surface area contributed by atoms with E-state index in [0.717, 1.165) is 31.5 Å². The molecule has 2 amide bonds. The van der Waals surface area contributed by atoms with Gasteiger partial charge in [-0.2, -0.15) is 0 Å². The van der Waals surface area contributed by atoms with E-state index in [1.807, 2.05) is 24.3 Å². The van der Waals surface area contributed by atoms with Gasteiger partial charge in [0.2, 0.25) is 0 Å². The van der Waals surface area contributed by atoms with Crippen molar-refractivity contribution in [1.82, 2.24) is 15.5 Å². The van der Waals surface area contributed by atoms with Crippen molar-refractivity contribution in [3.8, 4) is 5.75 Å². The van der Waals surface area contributed by atoms with Crippen LogP contribution in [0.25, 0.3) is 0 Å². The number of nitrogens with zero attached hydrogens (tertiary/aromatic N) is 1. The Morgan fingerprint density at radius 3 is 2.74 bits per heavy atom. The highest BCUT2D eigenvalue weighted by molar-refractivity contribution is 5.95. The summed E-state index contributed by atoms with van der Waals surface area (Å²) < 4.78 is 10.6. The molecule has 0 unspecified atom stereocenters. The highest BCUT2D eigenvalue weighted by atomic mass is 16.5. The Morgan fingerprint density at radius 2 is 2.04 bits per heavy atom. The van der Waals surface area contributed by atoms with Crippen molar-refractivity contribution in [2.75, 3.05) is 33.4 Å². The molecule has 146 valence electrons. The Kier molecular flexibility index (Phi) is 6.34. The smallest absolute Gasteiger partial charge is 0.338 e. The van der Waals surface area contributed by atoms with E-state index in [9.17, 15) is 9.59 Å². The van der Waals surface area contributed by atoms with Crippen LogP contribution >= 0.6 is 0 Å². The van der Waals surface area contributed by atoms with Gasteiger partial charge in [-0.05, 0) is 50.6 Å². The van der Waals surface area contributed by atoms with Crippen molar-refractivity contribution in [1.29, 1.82) is 0 Å². The van der Waals surface area contributed by atoms with Crippen LogP contribution in [-0.4, -0.2) is 50.3 Å². The van der Waals surface area contributed by atoms with Crippen molar-refractivity contribution >= 4 is 12.0 Å². The van der Waals surface area contributed by atoms with Crippen LogP contribution in [0.4, 0.5) is 4.79 Å². The lowest BCUT2D eigenvalue weighted by Gasteiger charge is -2.33. The summed E-state index contributed by atoms with van der Waals surface area (Å²) in [6, 6.07) is 6.48. The number of urea groups is 1. The highest BCUT2D eigenvalue weighted by Crippen LogP contribution is 2.30. The minimum absolute atomic E-state index is 0.276. The van der Waals surface area contributed by atoms with E-state index in [4.69, 9.17) is 9.47 Å². The SMILES string of the molecule is CCOC(=O)C1=C(CN2CCCCC2)NC(=O)N[C@@H]1c1cccc(OC)c1. The summed E-state index contributed by atoms with van der Waals surface area (Å²) in [4.78, 5) is 27.4. The predicted molar refractivity (Wildman–Crippen MR) is 101 cm³/mol. The average molecular weight is 373 g/mol. The molecule has 1 saturated heterocycles. The standard InChI is InChI=1S/C20H27N3O4/c1-3-27-19(24)17-16(13-23-10-5-4-6-11-23)21-20(25)22-18(17)14-8-7-9-15(12-14)26-2/h7-9,12,18H,3-6,10-11,13H2,1-2H3,(H2,21,22,25)/t18-/m1/s1. The summed E-state index contributed by atoms with van der Waals surface area (Å²) >= 11 is 0. The Balaban J connectivity index is 1.98. The molecule has 0 aliphatic carbocycles. The number of benzene rings is 1. The van der Waals surface area contributed by atoms with E-state index in [-0.39, 0.29) is 12.6 Å². The van der Waals surface area contributed by atoms with E-state index in [0.29, 0.717) is 23.6 Å². The molecule has 0 spiro atoms. The number of piperidine rings is 1. The van der Waals surface area contributed by atoms with E-state index in [2.05, 4.69) is 15.5 Å². The quantitative estimate of drug-likeness (QED) is 0.749. The van der Waals surface area contributed by atoms with E-state index in [1.165, 1.54) is 6.42 Å². The van der Waals surface area contributed by atoms with Crippen LogP contribution in [0.5, 0.6) is 5.75 Å². The molecule has 0 aromatic heterocycles. The van der Waals surface area contributed by atoms with Gasteiger partial charge < -0.3 is 20.1 Å². The van der Waals surface area contributed by atoms with Gasteiger partial charge in [0.1, 0.15) is 5.75 Å². The van der Waals surface area contributed by atoms with Crippen LogP contribution in [0.15, 0.2) is 35.5 Å². The van der Waals surface area contributed by atoms with Gasteiger partial charge in [-0.1, -0.05) is 18.6 Å². The molecule has 2 aliphatic heterocycles. The van der Waals surface area contributed by atoms with Gasteiger partial charge in [0, 0.05) is 12.2 Å². The van der Waals surface area contributed by atoms with Crippen LogP contribution in [0.1, 0.15) is 37.8 Å². The first-order valence-corrected chi connectivity index (χ1v) is 9.46. The third-order valence-corrected chi connectivity index (χ3v) is 4.91. The topological polar surface area (TPSA) is 79.9 Å². The van der Waals surface area contributed by atoms with Gasteiger partial charge in [0.05, 0.1) is 25.3 Å². The van der Waals surface area contributed by atoms with Gasteiger partial charge in [-0.25, -0.2) is 9.59 Å². The Bertz CT molecular complexity index is 726. The minimum Gasteiger partial charge on any atom is -0.497 e. The molecule has 27 heavy (non-hydrogen) atoms. The first-order valence-electron chi connectivity index (χ1n) is 9.46. The second-order valence-electron chi connectivity index (χ2n) is 6.76. The number of methoxy groups -OCH3 is 1. The molecule has 0 radical (unpaired) electrons.